The van der Waals surface area contributed by atoms with Crippen molar-refractivity contribution >= 4 is 22.6 Å². The summed E-state index contributed by atoms with van der Waals surface area (Å²) in [6.07, 6.45) is 0.250. The number of primary amides is 1. The van der Waals surface area contributed by atoms with E-state index in [1.807, 2.05) is 0 Å². The first-order valence-corrected chi connectivity index (χ1v) is 1.44. The van der Waals surface area contributed by atoms with Crippen molar-refractivity contribution in [2.75, 3.05) is 0 Å². The molecule has 0 aromatic rings. The second-order valence-electron chi connectivity index (χ2n) is 0.136. The van der Waals surface area contributed by atoms with E-state index in [-0.39, 0.29) is 6.41 Å². The Bertz CT molecular complexity index is 23.6. The van der Waals surface area contributed by atoms with Gasteiger partial charge in [-0.3, -0.25) is 4.79 Å². The van der Waals surface area contributed by atoms with E-state index in [1.165, 1.54) is 0 Å². The van der Waals surface area contributed by atoms with Gasteiger partial charge in [-0.2, -0.15) is 0 Å². The molecular weight excluding hydrogens is 85.0 g/mol. The minimum absolute atomic E-state index is 0.250. The van der Waals surface area contributed by atoms with Crippen LogP contribution in [0.25, 0.3) is 0 Å². The molecule has 0 aromatic carbocycles. The fourth-order valence-electron chi connectivity index (χ4n) is 0. The number of hydrogen-bond acceptors (Lipinski definition) is 2. The summed E-state index contributed by atoms with van der Waals surface area (Å²) < 4.78 is 8.28. The molecule has 3 nitrogen and oxygen atoms in total. The third-order valence-corrected chi connectivity index (χ3v) is 0. The normalized spacial score (nSPS) is 3.00. The molecule has 1 amide bonds. The number of nitrogens with two attached hydrogens (primary N) is 1. The maximum atomic E-state index is 8.58. The Morgan fingerprint density at radius 2 is 1.60 bits per heavy atom. The number of carbonyl (C=O) groups is 1. The molecule has 0 aliphatic carbocycles. The SMILES string of the molecule is NC=O.[O]=[AlH]. The molecule has 0 bridgehead atoms. The van der Waals surface area contributed by atoms with E-state index in [4.69, 9.17) is 8.60 Å². The van der Waals surface area contributed by atoms with E-state index in [0.29, 0.717) is 16.2 Å². The Morgan fingerprint density at radius 3 is 1.60 bits per heavy atom. The van der Waals surface area contributed by atoms with E-state index in [1.54, 1.807) is 0 Å². The monoisotopic (exact) mass is 89.0 g/mol. The first kappa shape index (κ1) is 8.84. The molecule has 2 N–H and O–H groups in total. The van der Waals surface area contributed by atoms with Gasteiger partial charge in [-0.05, 0) is 0 Å². The van der Waals surface area contributed by atoms with E-state index >= 15 is 0 Å². The number of amides is 1. The van der Waals surface area contributed by atoms with Gasteiger partial charge in [0.1, 0.15) is 0 Å². The molecular formula is CH4AlNO2. The Morgan fingerprint density at radius 1 is 1.60 bits per heavy atom. The summed E-state index contributed by atoms with van der Waals surface area (Å²) in [4.78, 5) is 8.58. The molecule has 0 saturated carbocycles. The van der Waals surface area contributed by atoms with Crippen LogP contribution in [0.5, 0.6) is 0 Å². The topological polar surface area (TPSA) is 60.2 Å². The summed E-state index contributed by atoms with van der Waals surface area (Å²) in [5, 5.41) is 0. The van der Waals surface area contributed by atoms with Crippen molar-refractivity contribution in [2.24, 2.45) is 5.73 Å². The molecule has 0 heterocycles. The standard InChI is InChI=1S/CH3NO.Al.O.H/c2-1-3;;;/h1H,(H2,2,3);;;. The van der Waals surface area contributed by atoms with Crippen molar-refractivity contribution in [1.82, 2.24) is 0 Å². The second-order valence-corrected chi connectivity index (χ2v) is 0.136. The molecule has 0 rings (SSSR count). The molecule has 0 aliphatic heterocycles. The number of hydrogen-bond donors (Lipinski definition) is 1. The van der Waals surface area contributed by atoms with Crippen LogP contribution in [0, 0.1) is 0 Å². The zero-order valence-corrected chi connectivity index (χ0v) is 4.09. The molecule has 0 atom stereocenters. The summed E-state index contributed by atoms with van der Waals surface area (Å²) >= 11 is 0.611. The predicted molar refractivity (Wildman–Crippen MR) is 18.1 cm³/mol. The number of rotatable bonds is 0. The van der Waals surface area contributed by atoms with Crippen LogP contribution in [0.15, 0.2) is 0 Å². The van der Waals surface area contributed by atoms with E-state index < -0.39 is 0 Å². The molecule has 0 fully saturated rings. The Balaban J connectivity index is 0. The summed E-state index contributed by atoms with van der Waals surface area (Å²) in [7, 11) is 0. The zero-order chi connectivity index (χ0) is 4.71. The van der Waals surface area contributed by atoms with Crippen molar-refractivity contribution in [3.05, 3.63) is 0 Å². The van der Waals surface area contributed by atoms with E-state index in [2.05, 4.69) is 5.73 Å². The van der Waals surface area contributed by atoms with Crippen LogP contribution < -0.4 is 5.73 Å². The van der Waals surface area contributed by atoms with Gasteiger partial charge in [0, 0.05) is 0 Å². The third kappa shape index (κ3) is 317. The maximum absolute atomic E-state index is 8.58. The fourth-order valence-corrected chi connectivity index (χ4v) is 0. The molecule has 5 heavy (non-hydrogen) atoms. The average molecular weight is 89.0 g/mol. The first-order valence-electron chi connectivity index (χ1n) is 0.858. The van der Waals surface area contributed by atoms with Crippen molar-refractivity contribution < 1.29 is 8.60 Å². The fraction of sp³-hybridized carbons (Fsp3) is 0. The van der Waals surface area contributed by atoms with Crippen LogP contribution in [-0.4, -0.2) is 22.6 Å². The van der Waals surface area contributed by atoms with Gasteiger partial charge in [-0.15, -0.1) is 0 Å². The van der Waals surface area contributed by atoms with E-state index in [9.17, 15) is 0 Å². The Labute approximate surface area is 37.8 Å². The molecule has 0 unspecified atom stereocenters. The molecule has 0 aromatic heterocycles. The van der Waals surface area contributed by atoms with Gasteiger partial charge in [0.25, 0.3) is 0 Å². The molecule has 4 heteroatoms. The van der Waals surface area contributed by atoms with Crippen LogP contribution in [0.1, 0.15) is 0 Å². The van der Waals surface area contributed by atoms with Gasteiger partial charge >= 0.3 is 20.0 Å². The quantitative estimate of drug-likeness (QED) is 0.285. The summed E-state index contributed by atoms with van der Waals surface area (Å²) in [6, 6.07) is 0. The Hall–Kier alpha value is -0.198. The van der Waals surface area contributed by atoms with Crippen LogP contribution in [0.3, 0.4) is 0 Å². The zero-order valence-electron chi connectivity index (χ0n) is 2.68. The molecule has 28 valence electrons. The van der Waals surface area contributed by atoms with Gasteiger partial charge in [0.15, 0.2) is 0 Å². The van der Waals surface area contributed by atoms with Gasteiger partial charge in [0.05, 0.1) is 0 Å². The molecule has 0 spiro atoms. The second kappa shape index (κ2) is 46.4. The van der Waals surface area contributed by atoms with Crippen LogP contribution in [-0.2, 0) is 8.60 Å². The van der Waals surface area contributed by atoms with Gasteiger partial charge in [0.2, 0.25) is 6.41 Å². The summed E-state index contributed by atoms with van der Waals surface area (Å²) in [6.45, 7) is 0. The third-order valence-electron chi connectivity index (χ3n) is 0. The first-order chi connectivity index (χ1) is 2.41. The van der Waals surface area contributed by atoms with Crippen LogP contribution in [0.4, 0.5) is 0 Å². The van der Waals surface area contributed by atoms with Crippen molar-refractivity contribution in [1.29, 1.82) is 0 Å². The van der Waals surface area contributed by atoms with Gasteiger partial charge < -0.3 is 5.73 Å². The van der Waals surface area contributed by atoms with Gasteiger partial charge in [-0.1, -0.05) is 0 Å². The minimum atomic E-state index is 0.250. The van der Waals surface area contributed by atoms with E-state index in [0.717, 1.165) is 0 Å². The molecule has 0 aliphatic rings. The average Bonchev–Trinajstić information content (AvgIpc) is 1.46. The van der Waals surface area contributed by atoms with Crippen LogP contribution >= 0.6 is 0 Å². The number of carbonyl (C=O) groups excluding carboxylic acids is 1. The molecule has 0 radical (unpaired) electrons. The Kier molecular flexibility index (Phi) is 82.0. The van der Waals surface area contributed by atoms with Crippen molar-refractivity contribution in [3.63, 3.8) is 0 Å². The summed E-state index contributed by atoms with van der Waals surface area (Å²) in [5.41, 5.74) is 4.17. The van der Waals surface area contributed by atoms with Crippen molar-refractivity contribution in [3.8, 4) is 0 Å². The van der Waals surface area contributed by atoms with Crippen molar-refractivity contribution in [2.45, 2.75) is 0 Å². The molecule has 0 saturated heterocycles. The van der Waals surface area contributed by atoms with Gasteiger partial charge in [-0.25, -0.2) is 0 Å². The predicted octanol–water partition coefficient (Wildman–Crippen LogP) is -1.67. The summed E-state index contributed by atoms with van der Waals surface area (Å²) in [5.74, 6) is 0. The van der Waals surface area contributed by atoms with Crippen LogP contribution in [0.2, 0.25) is 0 Å².